The number of carbonyl (C=O) groups excluding carboxylic acids is 3. The minimum atomic E-state index is -1.56. The molecule has 0 spiro atoms. The lowest BCUT2D eigenvalue weighted by Crippen LogP contribution is -2.55. The van der Waals surface area contributed by atoms with Crippen LogP contribution in [0.4, 0.5) is 4.79 Å². The summed E-state index contributed by atoms with van der Waals surface area (Å²) in [6.45, 7) is 16.7. The number of cyclic esters (lactones) is 1. The number of esters is 1. The number of ether oxygens (including phenoxy) is 3. The van der Waals surface area contributed by atoms with Crippen LogP contribution in [0.25, 0.3) is 0 Å². The van der Waals surface area contributed by atoms with Crippen molar-refractivity contribution >= 4 is 44.5 Å². The Morgan fingerprint density at radius 3 is 2.28 bits per heavy atom. The van der Waals surface area contributed by atoms with Crippen LogP contribution < -0.4 is 15.4 Å². The fourth-order valence-corrected chi connectivity index (χ4v) is 8.21. The summed E-state index contributed by atoms with van der Waals surface area (Å²) >= 11 is 1.41. The Bertz CT molecular complexity index is 1110. The molecule has 1 unspecified atom stereocenters. The number of carbonyl (C=O) groups is 4. The third-order valence-electron chi connectivity index (χ3n) is 6.15. The van der Waals surface area contributed by atoms with Crippen LogP contribution in [0.2, 0.25) is 13.1 Å². The molecule has 2 rings (SSSR count). The van der Waals surface area contributed by atoms with Crippen LogP contribution in [-0.2, 0) is 24.5 Å². The smallest absolute Gasteiger partial charge is 0.408 e. The second-order valence-electron chi connectivity index (χ2n) is 12.0. The van der Waals surface area contributed by atoms with Gasteiger partial charge in [0.05, 0.1) is 21.5 Å². The number of hydrogen-bond acceptors (Lipinski definition) is 8. The Morgan fingerprint density at radius 1 is 1.18 bits per heavy atom. The molecule has 1 aliphatic heterocycles. The molecule has 0 bridgehead atoms. The van der Waals surface area contributed by atoms with Gasteiger partial charge in [-0.15, -0.1) is 0 Å². The molecule has 0 saturated heterocycles. The van der Waals surface area contributed by atoms with Crippen molar-refractivity contribution in [1.82, 2.24) is 10.6 Å². The Morgan fingerprint density at radius 2 is 1.79 bits per heavy atom. The van der Waals surface area contributed by atoms with Gasteiger partial charge in [0.1, 0.15) is 30.0 Å². The number of benzene rings is 1. The van der Waals surface area contributed by atoms with Crippen molar-refractivity contribution in [1.29, 1.82) is 0 Å². The lowest BCUT2D eigenvalue weighted by Gasteiger charge is -2.33. The first-order chi connectivity index (χ1) is 17.9. The number of thioether (sulfide) groups is 1. The van der Waals surface area contributed by atoms with Gasteiger partial charge in [0, 0.05) is 16.2 Å². The van der Waals surface area contributed by atoms with E-state index in [2.05, 4.69) is 23.7 Å². The van der Waals surface area contributed by atoms with E-state index >= 15 is 0 Å². The number of alkyl carbamates (subject to hydrolysis) is 1. The Hall–Kier alpha value is -2.73. The molecule has 0 aromatic heterocycles. The molecule has 1 heterocycles. The number of aliphatic carboxylic acids is 1. The highest BCUT2D eigenvalue weighted by Gasteiger charge is 2.37. The highest BCUT2D eigenvalue weighted by molar-refractivity contribution is 8.01. The number of methoxy groups -OCH3 is 1. The van der Waals surface area contributed by atoms with Gasteiger partial charge in [0.25, 0.3) is 0 Å². The second-order valence-corrected chi connectivity index (χ2v) is 16.8. The van der Waals surface area contributed by atoms with Gasteiger partial charge < -0.3 is 30.0 Å². The van der Waals surface area contributed by atoms with Crippen LogP contribution in [0.1, 0.15) is 73.5 Å². The monoisotopic (exact) mass is 582 g/mol. The van der Waals surface area contributed by atoms with E-state index < -0.39 is 57.0 Å². The van der Waals surface area contributed by atoms with Crippen molar-refractivity contribution < 1.29 is 38.5 Å². The predicted octanol–water partition coefficient (Wildman–Crippen LogP) is 3.73. The van der Waals surface area contributed by atoms with Crippen LogP contribution in [-0.4, -0.2) is 75.0 Å². The third kappa shape index (κ3) is 8.37. The number of carboxylic acids is 1. The van der Waals surface area contributed by atoms with Gasteiger partial charge in [0.2, 0.25) is 5.91 Å². The minimum Gasteiger partial charge on any atom is -0.496 e. The summed E-state index contributed by atoms with van der Waals surface area (Å²) in [5.41, 5.74) is 1.46. The summed E-state index contributed by atoms with van der Waals surface area (Å²) in [6.07, 6.45) is -0.897. The molecule has 0 aliphatic carbocycles. The van der Waals surface area contributed by atoms with Gasteiger partial charge in [-0.1, -0.05) is 33.9 Å². The summed E-state index contributed by atoms with van der Waals surface area (Å²) in [7, 11) is -0.0275. The maximum absolute atomic E-state index is 13.8. The van der Waals surface area contributed by atoms with E-state index in [9.17, 15) is 24.3 Å². The maximum atomic E-state index is 13.8. The topological polar surface area (TPSA) is 140 Å². The summed E-state index contributed by atoms with van der Waals surface area (Å²) in [4.78, 5) is 51.3. The lowest BCUT2D eigenvalue weighted by molar-refractivity contribution is -0.141. The van der Waals surface area contributed by atoms with Crippen LogP contribution >= 0.6 is 11.8 Å². The number of rotatable bonds is 4. The van der Waals surface area contributed by atoms with Crippen molar-refractivity contribution in [2.24, 2.45) is 0 Å². The molecular formula is C27H42N2O8SSi. The number of fused-ring (bicyclic) bond motifs is 1. The molecule has 1 aromatic carbocycles. The molecule has 218 valence electrons. The number of carboxylic acid groups (broad SMARTS) is 1. The number of nitrogens with one attached hydrogen (secondary N) is 2. The predicted molar refractivity (Wildman–Crippen MR) is 154 cm³/mol. The van der Waals surface area contributed by atoms with Gasteiger partial charge >= 0.3 is 18.0 Å². The van der Waals surface area contributed by atoms with Crippen molar-refractivity contribution in [3.05, 3.63) is 28.3 Å². The van der Waals surface area contributed by atoms with E-state index in [0.717, 1.165) is 11.1 Å². The van der Waals surface area contributed by atoms with Gasteiger partial charge in [-0.25, -0.2) is 14.4 Å². The standard InChI is InChI=1S/C27H42N2O8SSi/c1-14-18(35-8)11-15(26(2,3)4)20-19(14)23(33)36-12-16(29-25(34)37-27(5,6)7)21(30)28-17(22(31)32)13-38-24(20)39(9)10/h11,16-17,24,39H,12-13H2,1-10H3,(H,28,30)(H,29,34)(H,31,32)/t16-,17-,24?/m0/s1. The van der Waals surface area contributed by atoms with Gasteiger partial charge in [-0.2, -0.15) is 11.8 Å². The van der Waals surface area contributed by atoms with Crippen LogP contribution in [0.15, 0.2) is 6.07 Å². The zero-order chi connectivity index (χ0) is 29.9. The molecule has 39 heavy (non-hydrogen) atoms. The normalized spacial score (nSPS) is 21.1. The van der Waals surface area contributed by atoms with Gasteiger partial charge in [-0.05, 0) is 50.3 Å². The van der Waals surface area contributed by atoms with Crippen molar-refractivity contribution in [3.8, 4) is 5.75 Å². The fourth-order valence-electron chi connectivity index (χ4n) is 4.29. The third-order valence-corrected chi connectivity index (χ3v) is 11.0. The Labute approximate surface area is 236 Å². The van der Waals surface area contributed by atoms with E-state index in [0.29, 0.717) is 16.9 Å². The van der Waals surface area contributed by atoms with Crippen LogP contribution in [0.3, 0.4) is 0 Å². The second kappa shape index (κ2) is 12.6. The van der Waals surface area contributed by atoms with E-state index in [1.54, 1.807) is 27.7 Å². The molecule has 1 aromatic rings. The van der Waals surface area contributed by atoms with Crippen molar-refractivity contribution in [3.63, 3.8) is 0 Å². The molecule has 0 radical (unpaired) electrons. The number of amides is 2. The average molecular weight is 583 g/mol. The van der Waals surface area contributed by atoms with Gasteiger partial charge in [0.15, 0.2) is 0 Å². The van der Waals surface area contributed by atoms with E-state index in [1.807, 2.05) is 26.8 Å². The first kappa shape index (κ1) is 32.5. The quantitative estimate of drug-likeness (QED) is 0.358. The molecule has 3 atom stereocenters. The molecule has 3 N–H and O–H groups in total. The highest BCUT2D eigenvalue weighted by atomic mass is 32.2. The fraction of sp³-hybridized carbons (Fsp3) is 0.630. The van der Waals surface area contributed by atoms with Crippen molar-refractivity contribution in [2.45, 2.75) is 89.5 Å². The molecule has 0 saturated carbocycles. The van der Waals surface area contributed by atoms with Crippen LogP contribution in [0, 0.1) is 6.92 Å². The highest BCUT2D eigenvalue weighted by Crippen LogP contribution is 2.44. The molecule has 10 nitrogen and oxygen atoms in total. The summed E-state index contributed by atoms with van der Waals surface area (Å²) in [5.74, 6) is -2.04. The Balaban J connectivity index is 2.73. The summed E-state index contributed by atoms with van der Waals surface area (Å²) in [5, 5.41) is 14.8. The summed E-state index contributed by atoms with van der Waals surface area (Å²) in [6, 6.07) is -0.653. The van der Waals surface area contributed by atoms with E-state index in [-0.39, 0.29) is 16.0 Å². The van der Waals surface area contributed by atoms with E-state index in [1.165, 1.54) is 18.9 Å². The summed E-state index contributed by atoms with van der Waals surface area (Å²) < 4.78 is 16.5. The average Bonchev–Trinajstić information content (AvgIpc) is 2.77. The van der Waals surface area contributed by atoms with Gasteiger partial charge in [-0.3, -0.25) is 4.79 Å². The number of hydrogen-bond donors (Lipinski definition) is 3. The zero-order valence-corrected chi connectivity index (χ0v) is 26.5. The Kier molecular flexibility index (Phi) is 10.5. The van der Waals surface area contributed by atoms with Crippen molar-refractivity contribution in [2.75, 3.05) is 19.5 Å². The van der Waals surface area contributed by atoms with E-state index in [4.69, 9.17) is 14.2 Å². The maximum Gasteiger partial charge on any atom is 0.408 e. The minimum absolute atomic E-state index is 0.0687. The molecule has 0 fully saturated rings. The largest absolute Gasteiger partial charge is 0.496 e. The molecule has 12 heteroatoms. The first-order valence-electron chi connectivity index (χ1n) is 12.9. The molecule has 2 amide bonds. The van der Waals surface area contributed by atoms with Crippen LogP contribution in [0.5, 0.6) is 5.75 Å². The molecule has 1 aliphatic rings. The lowest BCUT2D eigenvalue weighted by atomic mass is 9.81. The molecular weight excluding hydrogens is 540 g/mol. The first-order valence-corrected chi connectivity index (χ1v) is 16.9. The zero-order valence-electron chi connectivity index (χ0n) is 24.5. The SMILES string of the molecule is COc1cc(C(C)(C)C)c2c(c1C)C(=O)OC[C@H](NC(=O)OC(C)(C)C)C(=O)N[C@H](C(=O)O)CSC2[SiH](C)C.